The molecule has 0 rings (SSSR count). The summed E-state index contributed by atoms with van der Waals surface area (Å²) in [5.74, 6) is -0.902. The van der Waals surface area contributed by atoms with Gasteiger partial charge < -0.3 is 27.9 Å². The quantitative estimate of drug-likeness (QED) is 0.0199. The zero-order chi connectivity index (χ0) is 40.7. The normalized spacial score (nSPS) is 14.1. The monoisotopic (exact) mass is 796 g/mol. The lowest BCUT2D eigenvalue weighted by atomic mass is 10.1. The molecule has 0 aliphatic carbocycles. The summed E-state index contributed by atoms with van der Waals surface area (Å²) in [6, 6.07) is 0. The van der Waals surface area contributed by atoms with E-state index >= 15 is 0 Å². The van der Waals surface area contributed by atoms with Crippen LogP contribution in [0.1, 0.15) is 174 Å². The van der Waals surface area contributed by atoms with E-state index in [4.69, 9.17) is 18.5 Å². The maximum absolute atomic E-state index is 12.6. The molecular formula is C45H82NO8P. The molecule has 0 aromatic carbocycles. The molecule has 0 aromatic rings. The van der Waals surface area contributed by atoms with Crippen LogP contribution in [0.4, 0.5) is 0 Å². The number of likely N-dealkylation sites (N-methyl/N-ethyl adjacent to an activating group) is 1. The van der Waals surface area contributed by atoms with Gasteiger partial charge in [0.1, 0.15) is 19.8 Å². The Morgan fingerprint density at radius 2 is 1.00 bits per heavy atom. The van der Waals surface area contributed by atoms with Crippen molar-refractivity contribution in [3.8, 4) is 0 Å². The van der Waals surface area contributed by atoms with Crippen molar-refractivity contribution in [3.63, 3.8) is 0 Å². The lowest BCUT2D eigenvalue weighted by Crippen LogP contribution is -2.37. The Kier molecular flexibility index (Phi) is 36.2. The first-order chi connectivity index (χ1) is 26.5. The van der Waals surface area contributed by atoms with E-state index in [2.05, 4.69) is 62.5 Å². The van der Waals surface area contributed by atoms with Crippen LogP contribution >= 0.6 is 7.82 Å². The van der Waals surface area contributed by atoms with Gasteiger partial charge in [-0.3, -0.25) is 14.2 Å². The van der Waals surface area contributed by atoms with Crippen molar-refractivity contribution in [2.75, 3.05) is 47.5 Å². The molecular weight excluding hydrogens is 713 g/mol. The molecule has 0 bridgehead atoms. The van der Waals surface area contributed by atoms with Gasteiger partial charge in [0, 0.05) is 12.8 Å². The highest BCUT2D eigenvalue weighted by Crippen LogP contribution is 2.38. The van der Waals surface area contributed by atoms with Gasteiger partial charge in [0.25, 0.3) is 7.82 Å². The maximum atomic E-state index is 12.6. The van der Waals surface area contributed by atoms with Gasteiger partial charge in [-0.05, 0) is 51.4 Å². The standard InChI is InChI=1S/C45H82NO8P/c1-6-8-10-12-14-16-18-19-20-21-22-23-24-25-26-27-28-30-31-33-35-37-44(47)51-41-43(42-53-55(49,50)52-40-39-46(3,4)5)54-45(48)38-36-34-32-29-17-15-13-11-9-7-2/h20-21,23-24,26-27,30-31,43H,6-19,22,25,28-29,32-42H2,1-5H3/b21-20+,24-23+,27-26+,31-30+/t43-/m0/s1. The van der Waals surface area contributed by atoms with Crippen molar-refractivity contribution in [3.05, 3.63) is 48.6 Å². The SMILES string of the molecule is CCCCCCCCC/C=C/C/C=C/C/C=C/C/C=C/CCCC(=O)OC[C@@H](COP(=O)([O-])OCC[N+](C)(C)C)OC(=O)CCCCCCCCCCCC. The molecule has 0 radical (unpaired) electrons. The van der Waals surface area contributed by atoms with Crippen molar-refractivity contribution in [2.24, 2.45) is 0 Å². The van der Waals surface area contributed by atoms with Crippen molar-refractivity contribution in [1.82, 2.24) is 0 Å². The molecule has 1 unspecified atom stereocenters. The minimum atomic E-state index is -4.63. The lowest BCUT2D eigenvalue weighted by Gasteiger charge is -2.28. The molecule has 0 fully saturated rings. The van der Waals surface area contributed by atoms with Crippen LogP contribution in [-0.2, 0) is 32.7 Å². The maximum Gasteiger partial charge on any atom is 0.306 e. The summed E-state index contributed by atoms with van der Waals surface area (Å²) in [6.07, 6.45) is 43.0. The van der Waals surface area contributed by atoms with Crippen molar-refractivity contribution >= 4 is 19.8 Å². The summed E-state index contributed by atoms with van der Waals surface area (Å²) in [5, 5.41) is 0. The number of phosphoric ester groups is 1. The highest BCUT2D eigenvalue weighted by atomic mass is 31.2. The molecule has 0 saturated carbocycles. The fraction of sp³-hybridized carbons (Fsp3) is 0.778. The highest BCUT2D eigenvalue weighted by molar-refractivity contribution is 7.45. The van der Waals surface area contributed by atoms with Crippen LogP contribution in [0.3, 0.4) is 0 Å². The Balaban J connectivity index is 4.39. The van der Waals surface area contributed by atoms with Gasteiger partial charge in [-0.25, -0.2) is 0 Å². The number of allylic oxidation sites excluding steroid dienone is 8. The van der Waals surface area contributed by atoms with Crippen LogP contribution in [0.5, 0.6) is 0 Å². The van der Waals surface area contributed by atoms with Crippen LogP contribution in [0.2, 0.25) is 0 Å². The highest BCUT2D eigenvalue weighted by Gasteiger charge is 2.21. The number of carbonyl (C=O) groups is 2. The molecule has 9 nitrogen and oxygen atoms in total. The minimum absolute atomic E-state index is 0.0396. The summed E-state index contributed by atoms with van der Waals surface area (Å²) >= 11 is 0. The van der Waals surface area contributed by atoms with E-state index in [1.807, 2.05) is 21.1 Å². The average molecular weight is 796 g/mol. The largest absolute Gasteiger partial charge is 0.756 e. The summed E-state index contributed by atoms with van der Waals surface area (Å²) in [4.78, 5) is 37.4. The smallest absolute Gasteiger partial charge is 0.306 e. The zero-order valence-corrected chi connectivity index (χ0v) is 36.8. The molecule has 0 aliphatic heterocycles. The van der Waals surface area contributed by atoms with Crippen LogP contribution in [-0.4, -0.2) is 70.0 Å². The van der Waals surface area contributed by atoms with Crippen molar-refractivity contribution < 1.29 is 42.1 Å². The second-order valence-corrected chi connectivity index (χ2v) is 17.1. The molecule has 0 N–H and O–H groups in total. The van der Waals surface area contributed by atoms with Crippen LogP contribution in [0, 0.1) is 0 Å². The van der Waals surface area contributed by atoms with Gasteiger partial charge in [-0.1, -0.05) is 159 Å². The summed E-state index contributed by atoms with van der Waals surface area (Å²) in [6.45, 7) is 4.14. The number of phosphoric acid groups is 1. The van der Waals surface area contributed by atoms with E-state index in [0.29, 0.717) is 23.9 Å². The topological polar surface area (TPSA) is 111 Å². The Morgan fingerprint density at radius 3 is 1.51 bits per heavy atom. The molecule has 0 aliphatic rings. The number of ether oxygens (including phenoxy) is 2. The van der Waals surface area contributed by atoms with E-state index in [9.17, 15) is 19.0 Å². The lowest BCUT2D eigenvalue weighted by molar-refractivity contribution is -0.870. The minimum Gasteiger partial charge on any atom is -0.756 e. The van der Waals surface area contributed by atoms with Gasteiger partial charge in [0.05, 0.1) is 27.7 Å². The van der Waals surface area contributed by atoms with Gasteiger partial charge in [-0.2, -0.15) is 0 Å². The van der Waals surface area contributed by atoms with E-state index in [0.717, 1.165) is 44.9 Å². The fourth-order valence-corrected chi connectivity index (χ4v) is 6.37. The van der Waals surface area contributed by atoms with E-state index in [1.54, 1.807) is 0 Å². The van der Waals surface area contributed by atoms with Crippen molar-refractivity contribution in [1.29, 1.82) is 0 Å². The van der Waals surface area contributed by atoms with Crippen molar-refractivity contribution in [2.45, 2.75) is 180 Å². The van der Waals surface area contributed by atoms with Gasteiger partial charge in [-0.15, -0.1) is 0 Å². The third kappa shape index (κ3) is 41.4. The first-order valence-corrected chi connectivity index (χ1v) is 23.3. The number of quaternary nitrogens is 1. The molecule has 10 heteroatoms. The second-order valence-electron chi connectivity index (χ2n) is 15.7. The number of hydrogen-bond donors (Lipinski definition) is 0. The fourth-order valence-electron chi connectivity index (χ4n) is 5.65. The third-order valence-corrected chi connectivity index (χ3v) is 10.1. The summed E-state index contributed by atoms with van der Waals surface area (Å²) < 4.78 is 33.7. The Bertz CT molecular complexity index is 1080. The van der Waals surface area contributed by atoms with Crippen LogP contribution in [0.15, 0.2) is 48.6 Å². The van der Waals surface area contributed by atoms with E-state index in [1.165, 1.54) is 89.9 Å². The Hall–Kier alpha value is -2.03. The predicted octanol–water partition coefficient (Wildman–Crippen LogP) is 11.7. The number of hydrogen-bond acceptors (Lipinski definition) is 8. The van der Waals surface area contributed by atoms with Crippen LogP contribution in [0.25, 0.3) is 0 Å². The molecule has 0 aromatic heterocycles. The Morgan fingerprint density at radius 1 is 0.564 bits per heavy atom. The molecule has 320 valence electrons. The molecule has 2 atom stereocenters. The summed E-state index contributed by atoms with van der Waals surface area (Å²) in [7, 11) is 1.13. The number of esters is 2. The number of unbranched alkanes of at least 4 members (excludes halogenated alkanes) is 17. The third-order valence-electron chi connectivity index (χ3n) is 9.10. The first-order valence-electron chi connectivity index (χ1n) is 21.8. The second kappa shape index (κ2) is 37.5. The molecule has 0 spiro atoms. The van der Waals surface area contributed by atoms with Gasteiger partial charge in [0.2, 0.25) is 0 Å². The molecule has 0 amide bonds. The van der Waals surface area contributed by atoms with Crippen LogP contribution < -0.4 is 4.89 Å². The molecule has 0 heterocycles. The van der Waals surface area contributed by atoms with Gasteiger partial charge in [0.15, 0.2) is 6.10 Å². The number of rotatable bonds is 39. The molecule has 55 heavy (non-hydrogen) atoms. The first kappa shape index (κ1) is 53.0. The summed E-state index contributed by atoms with van der Waals surface area (Å²) in [5.41, 5.74) is 0. The Labute approximate surface area is 337 Å². The average Bonchev–Trinajstić information content (AvgIpc) is 3.13. The number of nitrogens with zero attached hydrogens (tertiary/aromatic N) is 1. The zero-order valence-electron chi connectivity index (χ0n) is 35.9. The number of carbonyl (C=O) groups excluding carboxylic acids is 2. The predicted molar refractivity (Wildman–Crippen MR) is 227 cm³/mol. The van der Waals surface area contributed by atoms with Gasteiger partial charge >= 0.3 is 11.9 Å². The van der Waals surface area contributed by atoms with E-state index in [-0.39, 0.29) is 26.1 Å². The molecule has 0 saturated heterocycles. The van der Waals surface area contributed by atoms with E-state index < -0.39 is 32.5 Å².